The zero-order chi connectivity index (χ0) is 18.2. The second-order valence-electron chi connectivity index (χ2n) is 6.76. The van der Waals surface area contributed by atoms with E-state index in [1.807, 2.05) is 26.1 Å². The number of nitrogens with one attached hydrogen (secondary N) is 2. The van der Waals surface area contributed by atoms with Gasteiger partial charge in [0, 0.05) is 11.7 Å². The Morgan fingerprint density at radius 2 is 2.04 bits per heavy atom. The molecule has 130 valence electrons. The van der Waals surface area contributed by atoms with Gasteiger partial charge in [-0.15, -0.1) is 0 Å². The Bertz CT molecular complexity index is 614. The zero-order valence-corrected chi connectivity index (χ0v) is 15.7. The molecule has 0 amide bonds. The van der Waals surface area contributed by atoms with Crippen LogP contribution >= 0.6 is 0 Å². The molecule has 2 heteroatoms. The van der Waals surface area contributed by atoms with E-state index in [0.717, 1.165) is 29.6 Å². The molecule has 0 aromatic carbocycles. The Hall–Kier alpha value is -2.06. The zero-order valence-electron chi connectivity index (χ0n) is 15.7. The third-order valence-electron chi connectivity index (χ3n) is 4.12. The van der Waals surface area contributed by atoms with Crippen LogP contribution in [-0.2, 0) is 0 Å². The van der Waals surface area contributed by atoms with Gasteiger partial charge in [0.2, 0.25) is 0 Å². The highest BCUT2D eigenvalue weighted by atomic mass is 15.1. The molecule has 1 aliphatic rings. The average Bonchev–Trinajstić information content (AvgIpc) is 2.57. The van der Waals surface area contributed by atoms with Crippen molar-refractivity contribution in [3.63, 3.8) is 0 Å². The van der Waals surface area contributed by atoms with Crippen molar-refractivity contribution in [2.24, 2.45) is 0 Å². The molecular weight excluding hydrogens is 292 g/mol. The van der Waals surface area contributed by atoms with Crippen LogP contribution in [0.15, 0.2) is 84.2 Å². The van der Waals surface area contributed by atoms with E-state index in [0.29, 0.717) is 6.67 Å². The van der Waals surface area contributed by atoms with Crippen LogP contribution in [0.4, 0.5) is 0 Å². The van der Waals surface area contributed by atoms with Crippen LogP contribution in [0.2, 0.25) is 0 Å². The second kappa shape index (κ2) is 9.29. The van der Waals surface area contributed by atoms with Crippen molar-refractivity contribution in [1.29, 1.82) is 0 Å². The van der Waals surface area contributed by atoms with Gasteiger partial charge in [-0.2, -0.15) is 0 Å². The van der Waals surface area contributed by atoms with Crippen molar-refractivity contribution >= 4 is 0 Å². The first kappa shape index (κ1) is 20.0. The normalized spacial score (nSPS) is 26.1. The first-order valence-electron chi connectivity index (χ1n) is 8.46. The molecule has 0 saturated heterocycles. The Morgan fingerprint density at radius 1 is 1.33 bits per heavy atom. The van der Waals surface area contributed by atoms with Gasteiger partial charge in [0.15, 0.2) is 0 Å². The molecule has 1 aliphatic heterocycles. The summed E-state index contributed by atoms with van der Waals surface area (Å²) in [6, 6.07) is 0. The van der Waals surface area contributed by atoms with Gasteiger partial charge in [-0.1, -0.05) is 61.3 Å². The lowest BCUT2D eigenvalue weighted by atomic mass is 9.82. The molecule has 0 saturated carbocycles. The van der Waals surface area contributed by atoms with Crippen molar-refractivity contribution in [3.8, 4) is 0 Å². The monoisotopic (exact) mass is 324 g/mol. The maximum Gasteiger partial charge on any atom is 0.0655 e. The molecule has 2 N–H and O–H groups in total. The Labute approximate surface area is 148 Å². The Morgan fingerprint density at radius 3 is 2.62 bits per heavy atom. The SMILES string of the molecule is C=C/C(=C(/C=C\CC(=C)C)C(=C)C)[C@]1(C)C/C=C\C(C)=C/NCN1. The van der Waals surface area contributed by atoms with Crippen LogP contribution in [0.1, 0.15) is 40.5 Å². The van der Waals surface area contributed by atoms with E-state index in [1.54, 1.807) is 0 Å². The lowest BCUT2D eigenvalue weighted by molar-refractivity contribution is 0.417. The molecule has 0 fully saturated rings. The standard InChI is InChI=1S/C22H32N2/c1-8-21(20(18(4)5)13-9-11-17(2)3)22(7)14-10-12-19(6)15-23-16-24-22/h8-10,12-13,15,23-24H,1-2,4,11,14,16H2,3,5-7H3/b12-10-,13-9-,19-15-,21-20+/t22-/m0/s1. The van der Waals surface area contributed by atoms with Gasteiger partial charge in [0.05, 0.1) is 6.67 Å². The van der Waals surface area contributed by atoms with E-state index in [2.05, 4.69) is 68.5 Å². The number of allylic oxidation sites excluding steroid dienone is 7. The van der Waals surface area contributed by atoms with Gasteiger partial charge in [-0.25, -0.2) is 0 Å². The van der Waals surface area contributed by atoms with Gasteiger partial charge >= 0.3 is 0 Å². The maximum atomic E-state index is 4.17. The van der Waals surface area contributed by atoms with E-state index < -0.39 is 0 Å². The molecule has 0 spiro atoms. The quantitative estimate of drug-likeness (QED) is 0.510. The smallest absolute Gasteiger partial charge is 0.0655 e. The molecular formula is C22H32N2. The van der Waals surface area contributed by atoms with Crippen LogP contribution in [0.3, 0.4) is 0 Å². The van der Waals surface area contributed by atoms with Crippen LogP contribution in [-0.4, -0.2) is 12.2 Å². The topological polar surface area (TPSA) is 24.1 Å². The predicted molar refractivity (Wildman–Crippen MR) is 108 cm³/mol. The average molecular weight is 325 g/mol. The number of hydrogen-bond acceptors (Lipinski definition) is 2. The summed E-state index contributed by atoms with van der Waals surface area (Å²) in [5.74, 6) is 0. The lowest BCUT2D eigenvalue weighted by Gasteiger charge is -2.33. The molecule has 1 heterocycles. The molecule has 1 rings (SSSR count). The van der Waals surface area contributed by atoms with Crippen molar-refractivity contribution in [1.82, 2.24) is 10.6 Å². The molecule has 24 heavy (non-hydrogen) atoms. The van der Waals surface area contributed by atoms with Gasteiger partial charge in [0.1, 0.15) is 0 Å². The van der Waals surface area contributed by atoms with Crippen LogP contribution in [0, 0.1) is 0 Å². The van der Waals surface area contributed by atoms with E-state index in [4.69, 9.17) is 0 Å². The third kappa shape index (κ3) is 5.86. The van der Waals surface area contributed by atoms with Gasteiger partial charge in [0.25, 0.3) is 0 Å². The fraction of sp³-hybridized carbons (Fsp3) is 0.364. The fourth-order valence-electron chi connectivity index (χ4n) is 2.74. The minimum absolute atomic E-state index is 0.217. The number of rotatable bonds is 6. The van der Waals surface area contributed by atoms with Crippen LogP contribution in [0.25, 0.3) is 0 Å². The molecule has 1 atom stereocenters. The minimum atomic E-state index is -0.217. The van der Waals surface area contributed by atoms with Gasteiger partial charge in [-0.3, -0.25) is 5.32 Å². The molecule has 0 bridgehead atoms. The highest BCUT2D eigenvalue weighted by Crippen LogP contribution is 2.29. The van der Waals surface area contributed by atoms with Crippen molar-refractivity contribution < 1.29 is 0 Å². The molecule has 0 unspecified atom stereocenters. The second-order valence-corrected chi connectivity index (χ2v) is 6.76. The molecule has 0 aliphatic carbocycles. The third-order valence-corrected chi connectivity index (χ3v) is 4.12. The Balaban J connectivity index is 3.27. The molecule has 0 aromatic heterocycles. The summed E-state index contributed by atoms with van der Waals surface area (Å²) in [5.41, 5.74) is 5.49. The van der Waals surface area contributed by atoms with Crippen LogP contribution in [0.5, 0.6) is 0 Å². The van der Waals surface area contributed by atoms with Gasteiger partial charge in [-0.05, 0) is 57.3 Å². The summed E-state index contributed by atoms with van der Waals surface area (Å²) in [6.45, 7) is 21.3. The van der Waals surface area contributed by atoms with Crippen LogP contribution < -0.4 is 10.6 Å². The van der Waals surface area contributed by atoms with E-state index in [9.17, 15) is 0 Å². The highest BCUT2D eigenvalue weighted by Gasteiger charge is 2.27. The number of hydrogen-bond donors (Lipinski definition) is 2. The maximum absolute atomic E-state index is 4.17. The van der Waals surface area contributed by atoms with E-state index >= 15 is 0 Å². The summed E-state index contributed by atoms with van der Waals surface area (Å²) in [6.07, 6.45) is 14.4. The fourth-order valence-corrected chi connectivity index (χ4v) is 2.74. The summed E-state index contributed by atoms with van der Waals surface area (Å²) in [4.78, 5) is 0. The van der Waals surface area contributed by atoms with Crippen molar-refractivity contribution in [3.05, 3.63) is 84.2 Å². The molecule has 0 radical (unpaired) electrons. The van der Waals surface area contributed by atoms with E-state index in [1.165, 1.54) is 11.1 Å². The summed E-state index contributed by atoms with van der Waals surface area (Å²) in [7, 11) is 0. The first-order valence-corrected chi connectivity index (χ1v) is 8.46. The van der Waals surface area contributed by atoms with Crippen molar-refractivity contribution in [2.75, 3.05) is 6.67 Å². The predicted octanol–water partition coefficient (Wildman–Crippen LogP) is 5.33. The summed E-state index contributed by atoms with van der Waals surface area (Å²) < 4.78 is 0. The summed E-state index contributed by atoms with van der Waals surface area (Å²) in [5, 5.41) is 6.92. The Kier molecular flexibility index (Phi) is 7.73. The molecule has 2 nitrogen and oxygen atoms in total. The van der Waals surface area contributed by atoms with Gasteiger partial charge < -0.3 is 5.32 Å². The highest BCUT2D eigenvalue weighted by molar-refractivity contribution is 5.49. The van der Waals surface area contributed by atoms with Crippen molar-refractivity contribution in [2.45, 2.75) is 46.1 Å². The largest absolute Gasteiger partial charge is 0.378 e. The van der Waals surface area contributed by atoms with E-state index in [-0.39, 0.29) is 5.54 Å². The minimum Gasteiger partial charge on any atom is -0.378 e. The lowest BCUT2D eigenvalue weighted by Crippen LogP contribution is -2.47. The summed E-state index contributed by atoms with van der Waals surface area (Å²) >= 11 is 0. The molecule has 0 aromatic rings. The first-order chi connectivity index (χ1) is 11.3.